The van der Waals surface area contributed by atoms with Gasteiger partial charge >= 0.3 is 0 Å². The molecule has 0 spiro atoms. The first-order valence-electron chi connectivity index (χ1n) is 4.43. The summed E-state index contributed by atoms with van der Waals surface area (Å²) in [6.07, 6.45) is 3.06. The number of nitrogens with two attached hydrogens (primary N) is 1. The van der Waals surface area contributed by atoms with Gasteiger partial charge in [0, 0.05) is 19.7 Å². The van der Waals surface area contributed by atoms with E-state index in [2.05, 4.69) is 18.8 Å². The van der Waals surface area contributed by atoms with Crippen LogP contribution in [0.4, 0.5) is 0 Å². The third-order valence-electron chi connectivity index (χ3n) is 2.66. The van der Waals surface area contributed by atoms with Crippen LogP contribution in [0.3, 0.4) is 0 Å². The lowest BCUT2D eigenvalue weighted by molar-refractivity contribution is 0.0867. The lowest BCUT2D eigenvalue weighted by Crippen LogP contribution is -2.55. The second-order valence-electron chi connectivity index (χ2n) is 3.29. The maximum absolute atomic E-state index is 5.72. The Morgan fingerprint density at radius 1 is 1.83 bits per heavy atom. The highest BCUT2D eigenvalue weighted by Crippen LogP contribution is 2.24. The molecule has 0 aliphatic carbocycles. The minimum absolute atomic E-state index is 0.0197. The average Bonchev–Trinajstić information content (AvgIpc) is 2.45. The van der Waals surface area contributed by atoms with Crippen molar-refractivity contribution in [3.63, 3.8) is 0 Å². The number of ether oxygens (including phenoxy) is 1. The van der Waals surface area contributed by atoms with Gasteiger partial charge in [-0.1, -0.05) is 6.08 Å². The quantitative estimate of drug-likeness (QED) is 0.595. The summed E-state index contributed by atoms with van der Waals surface area (Å²) in [5, 5.41) is 3.38. The molecule has 0 radical (unpaired) electrons. The zero-order chi connectivity index (χ0) is 9.03. The van der Waals surface area contributed by atoms with Gasteiger partial charge in [-0.3, -0.25) is 0 Å². The summed E-state index contributed by atoms with van der Waals surface area (Å²) in [5.74, 6) is 0. The van der Waals surface area contributed by atoms with Crippen molar-refractivity contribution in [2.45, 2.75) is 25.0 Å². The molecule has 2 atom stereocenters. The first-order chi connectivity index (χ1) is 5.75. The van der Waals surface area contributed by atoms with Crippen molar-refractivity contribution in [3.8, 4) is 0 Å². The summed E-state index contributed by atoms with van der Waals surface area (Å²) in [4.78, 5) is 0. The van der Waals surface area contributed by atoms with Crippen molar-refractivity contribution >= 4 is 0 Å². The molecule has 1 heterocycles. The molecule has 70 valence electrons. The second kappa shape index (κ2) is 4.03. The molecule has 3 N–H and O–H groups in total. The van der Waals surface area contributed by atoms with E-state index in [-0.39, 0.29) is 11.6 Å². The molecule has 1 fully saturated rings. The van der Waals surface area contributed by atoms with Gasteiger partial charge in [0.1, 0.15) is 0 Å². The molecule has 3 heteroatoms. The van der Waals surface area contributed by atoms with Crippen molar-refractivity contribution in [1.82, 2.24) is 5.32 Å². The summed E-state index contributed by atoms with van der Waals surface area (Å²) in [5.41, 5.74) is 5.70. The maximum Gasteiger partial charge on any atom is 0.0741 e. The van der Waals surface area contributed by atoms with Crippen molar-refractivity contribution in [3.05, 3.63) is 12.7 Å². The highest BCUT2D eigenvalue weighted by Gasteiger charge is 2.39. The van der Waals surface area contributed by atoms with E-state index in [0.717, 1.165) is 19.6 Å². The van der Waals surface area contributed by atoms with E-state index in [1.54, 1.807) is 0 Å². The predicted molar refractivity (Wildman–Crippen MR) is 50.0 cm³/mol. The molecule has 1 saturated heterocycles. The largest absolute Gasteiger partial charge is 0.376 e. The third-order valence-corrected chi connectivity index (χ3v) is 2.66. The van der Waals surface area contributed by atoms with Gasteiger partial charge in [-0.25, -0.2) is 0 Å². The lowest BCUT2D eigenvalue weighted by Gasteiger charge is -2.31. The van der Waals surface area contributed by atoms with Crippen LogP contribution < -0.4 is 11.1 Å². The van der Waals surface area contributed by atoms with Crippen LogP contribution in [-0.4, -0.2) is 31.3 Å². The van der Waals surface area contributed by atoms with Gasteiger partial charge in [-0.15, -0.1) is 6.58 Å². The molecule has 0 saturated carbocycles. The summed E-state index contributed by atoms with van der Waals surface area (Å²) < 4.78 is 5.48. The molecular formula is C9H18N2O. The highest BCUT2D eigenvalue weighted by molar-refractivity contribution is 4.99. The molecule has 3 nitrogen and oxygen atoms in total. The Morgan fingerprint density at radius 3 is 3.00 bits per heavy atom. The molecule has 1 rings (SSSR count). The Hall–Kier alpha value is -0.380. The van der Waals surface area contributed by atoms with Crippen LogP contribution in [0, 0.1) is 0 Å². The molecule has 0 amide bonds. The number of rotatable bonds is 4. The fourth-order valence-electron chi connectivity index (χ4n) is 1.63. The van der Waals surface area contributed by atoms with Crippen LogP contribution >= 0.6 is 0 Å². The summed E-state index contributed by atoms with van der Waals surface area (Å²) in [6.45, 7) is 7.96. The van der Waals surface area contributed by atoms with Crippen molar-refractivity contribution in [2.24, 2.45) is 5.73 Å². The Morgan fingerprint density at radius 2 is 2.58 bits per heavy atom. The molecular weight excluding hydrogens is 152 g/mol. The average molecular weight is 170 g/mol. The van der Waals surface area contributed by atoms with Gasteiger partial charge < -0.3 is 15.8 Å². The Bertz CT molecular complexity index is 161. The fourth-order valence-corrected chi connectivity index (χ4v) is 1.63. The summed E-state index contributed by atoms with van der Waals surface area (Å²) in [7, 11) is 0. The molecule has 1 aliphatic rings. The maximum atomic E-state index is 5.72. The number of nitrogens with one attached hydrogen (secondary N) is 1. The Labute approximate surface area is 74.0 Å². The standard InChI is InChI=1S/C9H18N2O/c1-3-5-11-9(7-10)4-6-12-8(9)2/h3,8,11H,1,4-7,10H2,2H3. The molecule has 0 aromatic carbocycles. The van der Waals surface area contributed by atoms with Crippen LogP contribution in [0.25, 0.3) is 0 Å². The van der Waals surface area contributed by atoms with E-state index in [1.807, 2.05) is 6.08 Å². The first-order valence-corrected chi connectivity index (χ1v) is 4.43. The van der Waals surface area contributed by atoms with E-state index in [1.165, 1.54) is 0 Å². The van der Waals surface area contributed by atoms with E-state index in [0.29, 0.717) is 6.54 Å². The summed E-state index contributed by atoms with van der Waals surface area (Å²) in [6, 6.07) is 0. The highest BCUT2D eigenvalue weighted by atomic mass is 16.5. The van der Waals surface area contributed by atoms with E-state index in [9.17, 15) is 0 Å². The van der Waals surface area contributed by atoms with Crippen LogP contribution in [0.5, 0.6) is 0 Å². The SMILES string of the molecule is C=CCNC1(CN)CCOC1C. The van der Waals surface area contributed by atoms with Crippen molar-refractivity contribution in [1.29, 1.82) is 0 Å². The van der Waals surface area contributed by atoms with E-state index >= 15 is 0 Å². The predicted octanol–water partition coefficient (Wildman–Crippen LogP) is 0.268. The van der Waals surface area contributed by atoms with E-state index < -0.39 is 0 Å². The second-order valence-corrected chi connectivity index (χ2v) is 3.29. The van der Waals surface area contributed by atoms with Gasteiger partial charge in [0.2, 0.25) is 0 Å². The number of hydrogen-bond donors (Lipinski definition) is 2. The smallest absolute Gasteiger partial charge is 0.0741 e. The minimum atomic E-state index is -0.0197. The fraction of sp³-hybridized carbons (Fsp3) is 0.778. The Balaban J connectivity index is 2.54. The normalized spacial score (nSPS) is 35.3. The molecule has 1 aliphatic heterocycles. The van der Waals surface area contributed by atoms with Gasteiger partial charge in [0.05, 0.1) is 11.6 Å². The summed E-state index contributed by atoms with van der Waals surface area (Å²) >= 11 is 0. The molecule has 2 unspecified atom stereocenters. The van der Waals surface area contributed by atoms with Crippen LogP contribution in [-0.2, 0) is 4.74 Å². The molecule has 0 bridgehead atoms. The van der Waals surface area contributed by atoms with E-state index in [4.69, 9.17) is 10.5 Å². The monoisotopic (exact) mass is 170 g/mol. The zero-order valence-electron chi connectivity index (χ0n) is 7.68. The van der Waals surface area contributed by atoms with Crippen molar-refractivity contribution in [2.75, 3.05) is 19.7 Å². The third kappa shape index (κ3) is 1.68. The number of hydrogen-bond acceptors (Lipinski definition) is 3. The van der Waals surface area contributed by atoms with Crippen molar-refractivity contribution < 1.29 is 4.74 Å². The first kappa shape index (κ1) is 9.71. The van der Waals surface area contributed by atoms with Gasteiger partial charge in [0.25, 0.3) is 0 Å². The van der Waals surface area contributed by atoms with Crippen LogP contribution in [0.2, 0.25) is 0 Å². The van der Waals surface area contributed by atoms with Gasteiger partial charge in [-0.2, -0.15) is 0 Å². The molecule has 0 aromatic rings. The van der Waals surface area contributed by atoms with Gasteiger partial charge in [0.15, 0.2) is 0 Å². The zero-order valence-corrected chi connectivity index (χ0v) is 7.68. The molecule has 0 aromatic heterocycles. The minimum Gasteiger partial charge on any atom is -0.376 e. The molecule has 12 heavy (non-hydrogen) atoms. The lowest BCUT2D eigenvalue weighted by atomic mass is 9.92. The van der Waals surface area contributed by atoms with Crippen LogP contribution in [0.15, 0.2) is 12.7 Å². The van der Waals surface area contributed by atoms with Gasteiger partial charge in [-0.05, 0) is 13.3 Å². The van der Waals surface area contributed by atoms with Crippen LogP contribution in [0.1, 0.15) is 13.3 Å². The topological polar surface area (TPSA) is 47.3 Å². The Kier molecular flexibility index (Phi) is 3.26.